The van der Waals surface area contributed by atoms with Crippen molar-refractivity contribution in [1.29, 1.82) is 0 Å². The van der Waals surface area contributed by atoms with E-state index in [2.05, 4.69) is 12.4 Å². The van der Waals surface area contributed by atoms with Crippen molar-refractivity contribution in [2.45, 2.75) is 50.7 Å². The zero-order chi connectivity index (χ0) is 14.2. The Morgan fingerprint density at radius 2 is 1.95 bits per heavy atom. The molecule has 2 saturated carbocycles. The molecule has 2 aliphatic rings. The lowest BCUT2D eigenvalue weighted by Crippen LogP contribution is -2.64. The van der Waals surface area contributed by atoms with Crippen LogP contribution in [-0.2, 0) is 0 Å². The fraction of sp³-hybridized carbons (Fsp3) is 0.625. The second-order valence-electron chi connectivity index (χ2n) is 6.03. The van der Waals surface area contributed by atoms with Crippen LogP contribution in [0.25, 0.3) is 0 Å². The first-order chi connectivity index (χ1) is 9.67. The first kappa shape index (κ1) is 14.5. The summed E-state index contributed by atoms with van der Waals surface area (Å²) in [5, 5.41) is 4.56. The van der Waals surface area contributed by atoms with Crippen LogP contribution in [0.3, 0.4) is 0 Å². The van der Waals surface area contributed by atoms with E-state index in [1.165, 1.54) is 32.1 Å². The third-order valence-electron chi connectivity index (χ3n) is 5.10. The molecule has 0 heterocycles. The van der Waals surface area contributed by atoms with E-state index in [0.29, 0.717) is 21.5 Å². The Hall–Kier alpha value is -0.440. The summed E-state index contributed by atoms with van der Waals surface area (Å²) in [6.07, 6.45) is 7.78. The van der Waals surface area contributed by atoms with Gasteiger partial charge in [0.05, 0.1) is 5.02 Å². The van der Waals surface area contributed by atoms with Crippen LogP contribution < -0.4 is 10.1 Å². The molecule has 4 heteroatoms. The molecule has 110 valence electrons. The first-order valence-corrected chi connectivity index (χ1v) is 8.21. The lowest BCUT2D eigenvalue weighted by atomic mass is 9.55. The van der Waals surface area contributed by atoms with Crippen LogP contribution in [0.1, 0.15) is 38.5 Å². The molecule has 20 heavy (non-hydrogen) atoms. The highest BCUT2D eigenvalue weighted by Crippen LogP contribution is 2.53. The van der Waals surface area contributed by atoms with Gasteiger partial charge in [0.25, 0.3) is 0 Å². The molecular formula is C16H21Cl2NO. The van der Waals surface area contributed by atoms with Crippen molar-refractivity contribution in [2.75, 3.05) is 7.05 Å². The van der Waals surface area contributed by atoms with Gasteiger partial charge in [-0.05, 0) is 32.0 Å². The minimum absolute atomic E-state index is 0.260. The average Bonchev–Trinajstić information content (AvgIpc) is 2.48. The summed E-state index contributed by atoms with van der Waals surface area (Å²) in [5.74, 6) is 0.726. The van der Waals surface area contributed by atoms with Crippen LogP contribution in [0.5, 0.6) is 5.75 Å². The molecule has 1 aromatic carbocycles. The van der Waals surface area contributed by atoms with E-state index in [-0.39, 0.29) is 6.10 Å². The summed E-state index contributed by atoms with van der Waals surface area (Å²) in [4.78, 5) is 0. The summed E-state index contributed by atoms with van der Waals surface area (Å²) in [7, 11) is 2.06. The van der Waals surface area contributed by atoms with Gasteiger partial charge < -0.3 is 10.1 Å². The molecule has 1 N–H and O–H groups in total. The Morgan fingerprint density at radius 1 is 1.20 bits per heavy atom. The second-order valence-corrected chi connectivity index (χ2v) is 6.81. The topological polar surface area (TPSA) is 21.3 Å². The van der Waals surface area contributed by atoms with Gasteiger partial charge in [-0.1, -0.05) is 48.5 Å². The van der Waals surface area contributed by atoms with E-state index >= 15 is 0 Å². The molecular weight excluding hydrogens is 293 g/mol. The van der Waals surface area contributed by atoms with Gasteiger partial charge in [0.15, 0.2) is 0 Å². The molecule has 3 rings (SSSR count). The molecule has 0 bridgehead atoms. The summed E-state index contributed by atoms with van der Waals surface area (Å²) < 4.78 is 6.23. The van der Waals surface area contributed by atoms with Crippen molar-refractivity contribution in [3.05, 3.63) is 28.2 Å². The molecule has 1 aromatic rings. The van der Waals surface area contributed by atoms with Crippen LogP contribution >= 0.6 is 23.2 Å². The molecule has 2 aliphatic carbocycles. The number of hydrogen-bond donors (Lipinski definition) is 1. The minimum Gasteiger partial charge on any atom is -0.488 e. The molecule has 0 saturated heterocycles. The molecule has 2 atom stereocenters. The van der Waals surface area contributed by atoms with Crippen LogP contribution in [-0.4, -0.2) is 19.2 Å². The van der Waals surface area contributed by atoms with E-state index in [0.717, 1.165) is 12.2 Å². The fourth-order valence-corrected chi connectivity index (χ4v) is 4.26. The summed E-state index contributed by atoms with van der Waals surface area (Å²) >= 11 is 12.3. The third-order valence-corrected chi connectivity index (χ3v) is 5.90. The maximum atomic E-state index is 6.24. The Labute approximate surface area is 130 Å². The zero-order valence-corrected chi connectivity index (χ0v) is 13.3. The van der Waals surface area contributed by atoms with Crippen molar-refractivity contribution in [3.63, 3.8) is 0 Å². The highest BCUT2D eigenvalue weighted by Gasteiger charge is 2.56. The van der Waals surface area contributed by atoms with Gasteiger partial charge in [-0.25, -0.2) is 0 Å². The number of nitrogens with one attached hydrogen (secondary N) is 1. The Morgan fingerprint density at radius 3 is 2.65 bits per heavy atom. The normalized spacial score (nSPS) is 28.1. The summed E-state index contributed by atoms with van der Waals surface area (Å²) in [6, 6.07) is 6.18. The van der Waals surface area contributed by atoms with Gasteiger partial charge in [-0.2, -0.15) is 0 Å². The molecule has 0 aliphatic heterocycles. The second kappa shape index (κ2) is 5.75. The van der Waals surface area contributed by atoms with Crippen LogP contribution in [0, 0.1) is 5.41 Å². The van der Waals surface area contributed by atoms with Crippen molar-refractivity contribution in [3.8, 4) is 5.75 Å². The van der Waals surface area contributed by atoms with Gasteiger partial charge in [0, 0.05) is 17.9 Å². The van der Waals surface area contributed by atoms with Gasteiger partial charge in [0.1, 0.15) is 16.9 Å². The van der Waals surface area contributed by atoms with E-state index in [4.69, 9.17) is 27.9 Å². The van der Waals surface area contributed by atoms with E-state index in [1.54, 1.807) is 6.07 Å². The lowest BCUT2D eigenvalue weighted by molar-refractivity contribution is -0.100. The highest BCUT2D eigenvalue weighted by molar-refractivity contribution is 6.42. The average molecular weight is 314 g/mol. The highest BCUT2D eigenvalue weighted by atomic mass is 35.5. The number of rotatable bonds is 3. The number of ether oxygens (including phenoxy) is 1. The predicted octanol–water partition coefficient (Wildman–Crippen LogP) is 4.68. The predicted molar refractivity (Wildman–Crippen MR) is 83.9 cm³/mol. The molecule has 2 fully saturated rings. The standard InChI is InChI=1S/C16H21Cl2NO/c1-19-13-10-14(16(13)8-3-2-4-9-16)20-12-7-5-6-11(17)15(12)18/h5-7,13-14,19H,2-4,8-10H2,1H3. The van der Waals surface area contributed by atoms with Gasteiger partial charge in [-0.3, -0.25) is 0 Å². The molecule has 2 nitrogen and oxygen atoms in total. The first-order valence-electron chi connectivity index (χ1n) is 7.45. The largest absolute Gasteiger partial charge is 0.488 e. The zero-order valence-electron chi connectivity index (χ0n) is 11.8. The fourth-order valence-electron chi connectivity index (χ4n) is 3.93. The number of benzene rings is 1. The van der Waals surface area contributed by atoms with Gasteiger partial charge in [-0.15, -0.1) is 0 Å². The summed E-state index contributed by atoms with van der Waals surface area (Å²) in [6.45, 7) is 0. The van der Waals surface area contributed by atoms with Crippen LogP contribution in [0.15, 0.2) is 18.2 Å². The quantitative estimate of drug-likeness (QED) is 0.874. The summed E-state index contributed by atoms with van der Waals surface area (Å²) in [5.41, 5.74) is 0.290. The Balaban J connectivity index is 1.79. The monoisotopic (exact) mass is 313 g/mol. The van der Waals surface area contributed by atoms with E-state index in [1.807, 2.05) is 12.1 Å². The Bertz CT molecular complexity index is 485. The lowest BCUT2D eigenvalue weighted by Gasteiger charge is -2.57. The van der Waals surface area contributed by atoms with Crippen LogP contribution in [0.2, 0.25) is 10.0 Å². The van der Waals surface area contributed by atoms with Crippen molar-refractivity contribution in [1.82, 2.24) is 5.32 Å². The van der Waals surface area contributed by atoms with Crippen molar-refractivity contribution in [2.24, 2.45) is 5.41 Å². The van der Waals surface area contributed by atoms with Crippen molar-refractivity contribution >= 4 is 23.2 Å². The van der Waals surface area contributed by atoms with E-state index in [9.17, 15) is 0 Å². The number of hydrogen-bond acceptors (Lipinski definition) is 2. The molecule has 0 radical (unpaired) electrons. The minimum atomic E-state index is 0.260. The maximum absolute atomic E-state index is 6.24. The van der Waals surface area contributed by atoms with E-state index < -0.39 is 0 Å². The van der Waals surface area contributed by atoms with Gasteiger partial charge in [0.2, 0.25) is 0 Å². The smallest absolute Gasteiger partial charge is 0.139 e. The van der Waals surface area contributed by atoms with Crippen LogP contribution in [0.4, 0.5) is 0 Å². The van der Waals surface area contributed by atoms with Gasteiger partial charge >= 0.3 is 0 Å². The molecule has 2 unspecified atom stereocenters. The maximum Gasteiger partial charge on any atom is 0.139 e. The molecule has 1 spiro atoms. The molecule has 0 aromatic heterocycles. The van der Waals surface area contributed by atoms with Crippen molar-refractivity contribution < 1.29 is 4.74 Å². The SMILES string of the molecule is CNC1CC(Oc2cccc(Cl)c2Cl)C12CCCCC2. The molecule has 0 amide bonds. The third kappa shape index (κ3) is 2.32. The number of halogens is 2. The Kier molecular flexibility index (Phi) is 4.16.